The van der Waals surface area contributed by atoms with Crippen molar-refractivity contribution in [3.8, 4) is 22.5 Å². The molecule has 1 aromatic heterocycles. The Hall–Kier alpha value is -3.52. The van der Waals surface area contributed by atoms with Crippen molar-refractivity contribution in [2.24, 2.45) is 10.4 Å². The average molecular weight is 503 g/mol. The summed E-state index contributed by atoms with van der Waals surface area (Å²) in [6.45, 7) is 7.37. The summed E-state index contributed by atoms with van der Waals surface area (Å²) in [5.41, 5.74) is 3.03. The number of benzene rings is 2. The molecule has 2 aromatic carbocycles. The van der Waals surface area contributed by atoms with Crippen LogP contribution >= 0.6 is 0 Å². The SMILES string of the molecule is CCCC1=NC(C)C(C)(C2CCCCO2)C(=O)N1Cc1ccc(-c2ccccc2-c2noc(=O)[nH]2)cc1. The Bertz CT molecular complexity index is 1340. The molecule has 5 rings (SSSR count). The molecular formula is C29H34N4O4. The predicted molar refractivity (Wildman–Crippen MR) is 142 cm³/mol. The normalized spacial score (nSPS) is 24.2. The number of aromatic amines is 1. The molecule has 8 nitrogen and oxygen atoms in total. The smallest absolute Gasteiger partial charge is 0.377 e. The minimum atomic E-state index is -0.676. The van der Waals surface area contributed by atoms with Crippen molar-refractivity contribution >= 4 is 11.7 Å². The molecule has 3 heterocycles. The number of amidine groups is 1. The van der Waals surface area contributed by atoms with Crippen LogP contribution < -0.4 is 5.76 Å². The number of hydrogen-bond acceptors (Lipinski definition) is 6. The number of amides is 1. The van der Waals surface area contributed by atoms with Gasteiger partial charge in [-0.3, -0.25) is 24.2 Å². The zero-order valence-electron chi connectivity index (χ0n) is 21.7. The van der Waals surface area contributed by atoms with E-state index in [9.17, 15) is 9.59 Å². The Morgan fingerprint density at radius 1 is 1.08 bits per heavy atom. The lowest BCUT2D eigenvalue weighted by atomic mass is 9.73. The van der Waals surface area contributed by atoms with Gasteiger partial charge in [0.05, 0.1) is 24.1 Å². The van der Waals surface area contributed by atoms with Gasteiger partial charge in [-0.05, 0) is 56.2 Å². The van der Waals surface area contributed by atoms with Gasteiger partial charge in [-0.2, -0.15) is 0 Å². The zero-order chi connectivity index (χ0) is 26.0. The van der Waals surface area contributed by atoms with Crippen LogP contribution in [0.2, 0.25) is 0 Å². The Balaban J connectivity index is 1.42. The lowest BCUT2D eigenvalue weighted by Crippen LogP contribution is -2.59. The maximum Gasteiger partial charge on any atom is 0.439 e. The Labute approximate surface area is 216 Å². The number of nitrogens with one attached hydrogen (secondary N) is 1. The fourth-order valence-corrected chi connectivity index (χ4v) is 5.48. The summed E-state index contributed by atoms with van der Waals surface area (Å²) < 4.78 is 10.8. The monoisotopic (exact) mass is 502 g/mol. The number of hydrogen-bond donors (Lipinski definition) is 1. The van der Waals surface area contributed by atoms with Gasteiger partial charge in [0.25, 0.3) is 0 Å². The highest BCUT2D eigenvalue weighted by Crippen LogP contribution is 2.41. The van der Waals surface area contributed by atoms with Crippen molar-refractivity contribution in [1.29, 1.82) is 0 Å². The van der Waals surface area contributed by atoms with E-state index in [0.29, 0.717) is 19.0 Å². The largest absolute Gasteiger partial charge is 0.439 e. The number of carbonyl (C=O) groups excluding carboxylic acids is 1. The van der Waals surface area contributed by atoms with Crippen LogP contribution in [0.25, 0.3) is 22.5 Å². The van der Waals surface area contributed by atoms with E-state index in [1.54, 1.807) is 0 Å². The Morgan fingerprint density at radius 3 is 2.49 bits per heavy atom. The molecule has 0 spiro atoms. The van der Waals surface area contributed by atoms with Crippen LogP contribution in [-0.2, 0) is 16.1 Å². The highest BCUT2D eigenvalue weighted by atomic mass is 16.5. The van der Waals surface area contributed by atoms with E-state index in [2.05, 4.69) is 24.0 Å². The molecule has 1 saturated heterocycles. The quantitative estimate of drug-likeness (QED) is 0.478. The molecule has 0 bridgehead atoms. The molecule has 0 aliphatic carbocycles. The highest BCUT2D eigenvalue weighted by molar-refractivity contribution is 6.03. The molecule has 37 heavy (non-hydrogen) atoms. The van der Waals surface area contributed by atoms with Gasteiger partial charge in [-0.1, -0.05) is 60.6 Å². The van der Waals surface area contributed by atoms with Gasteiger partial charge in [0.2, 0.25) is 5.91 Å². The van der Waals surface area contributed by atoms with E-state index in [0.717, 1.165) is 60.2 Å². The van der Waals surface area contributed by atoms with Crippen LogP contribution in [0.1, 0.15) is 58.4 Å². The lowest BCUT2D eigenvalue weighted by molar-refractivity contribution is -0.154. The lowest BCUT2D eigenvalue weighted by Gasteiger charge is -2.47. The van der Waals surface area contributed by atoms with Gasteiger partial charge >= 0.3 is 5.76 Å². The first-order valence-corrected chi connectivity index (χ1v) is 13.2. The standard InChI is InChI=1S/C29H34N4O4/c1-4-9-25-30-19(2)29(3,24-12-7-8-17-36-24)27(34)33(25)18-20-13-15-21(16-14-20)22-10-5-6-11-23(22)26-31-28(35)37-32-26/h5-6,10-11,13-16,19,24H,4,7-9,12,17-18H2,1-3H3,(H,31,32,35). The van der Waals surface area contributed by atoms with E-state index < -0.39 is 11.2 Å². The first kappa shape index (κ1) is 25.1. The Morgan fingerprint density at radius 2 is 1.84 bits per heavy atom. The number of aromatic nitrogens is 2. The number of aliphatic imine (C=N–C) groups is 1. The highest BCUT2D eigenvalue weighted by Gasteiger charge is 2.52. The third-order valence-electron chi connectivity index (χ3n) is 7.78. The maximum absolute atomic E-state index is 14.1. The fourth-order valence-electron chi connectivity index (χ4n) is 5.48. The second-order valence-corrected chi connectivity index (χ2v) is 10.2. The second kappa shape index (κ2) is 10.5. The molecule has 0 saturated carbocycles. The van der Waals surface area contributed by atoms with Crippen molar-refractivity contribution in [3.05, 3.63) is 64.6 Å². The summed E-state index contributed by atoms with van der Waals surface area (Å²) in [5.74, 6) is 0.769. The molecular weight excluding hydrogens is 468 g/mol. The van der Waals surface area contributed by atoms with Crippen LogP contribution in [0, 0.1) is 5.41 Å². The Kier molecular flexibility index (Phi) is 7.11. The average Bonchev–Trinajstić information content (AvgIpc) is 3.37. The molecule has 1 amide bonds. The van der Waals surface area contributed by atoms with Crippen LogP contribution in [-0.4, -0.2) is 45.5 Å². The molecule has 3 aromatic rings. The van der Waals surface area contributed by atoms with E-state index >= 15 is 0 Å². The van der Waals surface area contributed by atoms with Gasteiger partial charge in [-0.15, -0.1) is 0 Å². The molecule has 3 unspecified atom stereocenters. The fraction of sp³-hybridized carbons (Fsp3) is 0.448. The zero-order valence-corrected chi connectivity index (χ0v) is 21.7. The molecule has 1 fully saturated rings. The number of carbonyl (C=O) groups is 1. The van der Waals surface area contributed by atoms with E-state index in [1.165, 1.54) is 0 Å². The second-order valence-electron chi connectivity index (χ2n) is 10.2. The maximum atomic E-state index is 14.1. The summed E-state index contributed by atoms with van der Waals surface area (Å²) in [4.78, 5) is 35.1. The van der Waals surface area contributed by atoms with E-state index in [-0.39, 0.29) is 18.1 Å². The van der Waals surface area contributed by atoms with E-state index in [1.807, 2.05) is 60.4 Å². The minimum absolute atomic E-state index is 0.106. The van der Waals surface area contributed by atoms with Gasteiger partial charge in [-0.25, -0.2) is 4.79 Å². The first-order valence-electron chi connectivity index (χ1n) is 13.2. The van der Waals surface area contributed by atoms with Gasteiger partial charge in [0.15, 0.2) is 5.82 Å². The molecule has 8 heteroatoms. The van der Waals surface area contributed by atoms with Crippen molar-refractivity contribution in [1.82, 2.24) is 15.0 Å². The summed E-state index contributed by atoms with van der Waals surface area (Å²) in [6.07, 6.45) is 4.59. The molecule has 2 aliphatic heterocycles. The molecule has 1 N–H and O–H groups in total. The van der Waals surface area contributed by atoms with Crippen molar-refractivity contribution in [2.75, 3.05) is 6.61 Å². The predicted octanol–water partition coefficient (Wildman–Crippen LogP) is 5.20. The van der Waals surface area contributed by atoms with Crippen LogP contribution in [0.5, 0.6) is 0 Å². The van der Waals surface area contributed by atoms with Gasteiger partial charge in [0.1, 0.15) is 5.84 Å². The summed E-state index contributed by atoms with van der Waals surface area (Å²) in [6, 6.07) is 15.7. The first-order chi connectivity index (χ1) is 17.9. The van der Waals surface area contributed by atoms with Crippen molar-refractivity contribution in [3.63, 3.8) is 0 Å². The van der Waals surface area contributed by atoms with Crippen molar-refractivity contribution < 1.29 is 14.1 Å². The van der Waals surface area contributed by atoms with Gasteiger partial charge < -0.3 is 4.74 Å². The van der Waals surface area contributed by atoms with Crippen LogP contribution in [0.15, 0.2) is 62.8 Å². The van der Waals surface area contributed by atoms with E-state index in [4.69, 9.17) is 14.3 Å². The molecule has 2 aliphatic rings. The summed E-state index contributed by atoms with van der Waals surface area (Å²) in [7, 11) is 0. The summed E-state index contributed by atoms with van der Waals surface area (Å²) in [5, 5.41) is 3.85. The van der Waals surface area contributed by atoms with Crippen LogP contribution in [0.4, 0.5) is 0 Å². The summed E-state index contributed by atoms with van der Waals surface area (Å²) >= 11 is 0. The minimum Gasteiger partial charge on any atom is -0.377 e. The molecule has 0 radical (unpaired) electrons. The van der Waals surface area contributed by atoms with Crippen molar-refractivity contribution in [2.45, 2.75) is 71.6 Å². The topological polar surface area (TPSA) is 101 Å². The molecule has 194 valence electrons. The number of nitrogens with zero attached hydrogens (tertiary/aromatic N) is 3. The molecule has 3 atom stereocenters. The number of ether oxygens (including phenoxy) is 1. The van der Waals surface area contributed by atoms with Crippen LogP contribution in [0.3, 0.4) is 0 Å². The third kappa shape index (κ3) is 4.78. The van der Waals surface area contributed by atoms with Gasteiger partial charge in [0, 0.05) is 18.6 Å². The number of rotatable bonds is 7. The third-order valence-corrected chi connectivity index (χ3v) is 7.78. The number of H-pyrrole nitrogens is 1.